The molecule has 0 unspecified atom stereocenters. The maximum atomic E-state index is 13.5. The number of Topliss-reactive ketones (excluding diaryl/α,β-unsaturated/α-hetero) is 1. The van der Waals surface area contributed by atoms with Crippen LogP contribution in [0.3, 0.4) is 0 Å². The molecule has 1 aromatic heterocycles. The molecule has 162 valence electrons. The number of hydrogen-bond donors (Lipinski definition) is 0. The fraction of sp³-hybridized carbons (Fsp3) is 0.321. The summed E-state index contributed by atoms with van der Waals surface area (Å²) < 4.78 is 5.82. The zero-order valence-electron chi connectivity index (χ0n) is 18.3. The molecule has 2 atom stereocenters. The first-order valence-corrected chi connectivity index (χ1v) is 11.5. The van der Waals surface area contributed by atoms with Gasteiger partial charge in [0.05, 0.1) is 16.8 Å². The number of ether oxygens (including phenoxy) is 1. The average Bonchev–Trinajstić information content (AvgIpc) is 2.80. The summed E-state index contributed by atoms with van der Waals surface area (Å²) in [5.74, 6) is 0.0198. The van der Waals surface area contributed by atoms with Gasteiger partial charge in [0.1, 0.15) is 0 Å². The summed E-state index contributed by atoms with van der Waals surface area (Å²) in [4.78, 5) is 30.8. The summed E-state index contributed by atoms with van der Waals surface area (Å²) in [5, 5.41) is 0.799. The van der Waals surface area contributed by atoms with Gasteiger partial charge in [0.15, 0.2) is 11.9 Å². The van der Waals surface area contributed by atoms with E-state index in [0.717, 1.165) is 59.0 Å². The van der Waals surface area contributed by atoms with Crippen molar-refractivity contribution in [2.24, 2.45) is 5.92 Å². The van der Waals surface area contributed by atoms with Crippen molar-refractivity contribution in [3.8, 4) is 0 Å². The predicted molar refractivity (Wildman–Crippen MR) is 126 cm³/mol. The molecule has 2 aliphatic rings. The molecule has 1 saturated carbocycles. The highest BCUT2D eigenvalue weighted by Crippen LogP contribution is 2.39. The Balaban J connectivity index is 1.64. The Bertz CT molecular complexity index is 1210. The molecule has 2 aliphatic carbocycles. The highest BCUT2D eigenvalue weighted by atomic mass is 16.5. The van der Waals surface area contributed by atoms with E-state index in [0.29, 0.717) is 24.3 Å². The molecule has 4 nitrogen and oxygen atoms in total. The lowest BCUT2D eigenvalue weighted by Crippen LogP contribution is -2.31. The topological polar surface area (TPSA) is 56.3 Å². The van der Waals surface area contributed by atoms with Crippen LogP contribution in [0.4, 0.5) is 0 Å². The van der Waals surface area contributed by atoms with Gasteiger partial charge in [-0.25, -0.2) is 9.78 Å². The summed E-state index contributed by atoms with van der Waals surface area (Å²) in [5.41, 5.74) is 5.44. The molecule has 0 amide bonds. The van der Waals surface area contributed by atoms with Crippen LogP contribution in [0.5, 0.6) is 0 Å². The van der Waals surface area contributed by atoms with Crippen molar-refractivity contribution in [3.63, 3.8) is 0 Å². The third kappa shape index (κ3) is 3.97. The van der Waals surface area contributed by atoms with E-state index < -0.39 is 12.1 Å². The molecule has 1 heterocycles. The van der Waals surface area contributed by atoms with Crippen LogP contribution in [-0.2, 0) is 16.0 Å². The Labute approximate surface area is 188 Å². The Hall–Kier alpha value is -3.27. The zero-order valence-corrected chi connectivity index (χ0v) is 18.3. The van der Waals surface area contributed by atoms with Gasteiger partial charge in [-0.15, -0.1) is 0 Å². The van der Waals surface area contributed by atoms with E-state index in [1.807, 2.05) is 42.5 Å². The summed E-state index contributed by atoms with van der Waals surface area (Å²) in [7, 11) is 0. The van der Waals surface area contributed by atoms with Gasteiger partial charge in [0.25, 0.3) is 0 Å². The number of ketones is 1. The van der Waals surface area contributed by atoms with Crippen molar-refractivity contribution in [1.29, 1.82) is 0 Å². The minimum Gasteiger partial charge on any atom is -0.451 e. The number of para-hydroxylation sites is 1. The van der Waals surface area contributed by atoms with Crippen LogP contribution in [-0.4, -0.2) is 22.8 Å². The maximum Gasteiger partial charge on any atom is 0.339 e. The van der Waals surface area contributed by atoms with Gasteiger partial charge >= 0.3 is 5.97 Å². The molecule has 3 aromatic rings. The number of allylic oxidation sites excluding steroid dienone is 1. The van der Waals surface area contributed by atoms with Gasteiger partial charge in [-0.05, 0) is 66.9 Å². The van der Waals surface area contributed by atoms with E-state index in [4.69, 9.17) is 9.72 Å². The van der Waals surface area contributed by atoms with Crippen molar-refractivity contribution in [3.05, 3.63) is 77.0 Å². The van der Waals surface area contributed by atoms with E-state index in [1.54, 1.807) is 0 Å². The second-order valence-electron chi connectivity index (χ2n) is 9.03. The fourth-order valence-electron chi connectivity index (χ4n) is 4.98. The third-order valence-corrected chi connectivity index (χ3v) is 6.51. The normalized spacial score (nSPS) is 22.0. The first-order chi connectivity index (χ1) is 15.6. The number of carbonyl (C=O) groups is 2. The van der Waals surface area contributed by atoms with E-state index in [-0.39, 0.29) is 5.78 Å². The summed E-state index contributed by atoms with van der Waals surface area (Å²) in [6.07, 6.45) is 6.13. The number of hydrogen-bond acceptors (Lipinski definition) is 4. The molecule has 2 aromatic carbocycles. The van der Waals surface area contributed by atoms with Gasteiger partial charge in [-0.1, -0.05) is 55.5 Å². The Kier molecular flexibility index (Phi) is 5.60. The van der Waals surface area contributed by atoms with Crippen molar-refractivity contribution in [1.82, 2.24) is 4.98 Å². The molecule has 5 rings (SSSR count). The molecular formula is C28H27NO3. The number of pyridine rings is 1. The van der Waals surface area contributed by atoms with Crippen molar-refractivity contribution in [2.45, 2.75) is 51.6 Å². The fourth-order valence-corrected chi connectivity index (χ4v) is 4.98. The molecular weight excluding hydrogens is 398 g/mol. The lowest BCUT2D eigenvalue weighted by Gasteiger charge is -2.27. The van der Waals surface area contributed by atoms with Crippen molar-refractivity contribution < 1.29 is 14.3 Å². The molecule has 4 heteroatoms. The number of nitrogens with zero attached hydrogens (tertiary/aromatic N) is 1. The monoisotopic (exact) mass is 425 g/mol. The van der Waals surface area contributed by atoms with E-state index >= 15 is 0 Å². The van der Waals surface area contributed by atoms with E-state index in [2.05, 4.69) is 25.1 Å². The van der Waals surface area contributed by atoms with Crippen LogP contribution < -0.4 is 0 Å². The van der Waals surface area contributed by atoms with Gasteiger partial charge in [0.2, 0.25) is 0 Å². The minimum atomic E-state index is -0.626. The number of rotatable bonds is 3. The summed E-state index contributed by atoms with van der Waals surface area (Å²) in [6, 6.07) is 18.0. The second-order valence-corrected chi connectivity index (χ2v) is 9.03. The van der Waals surface area contributed by atoms with Gasteiger partial charge in [0, 0.05) is 11.8 Å². The number of fused-ring (bicyclic) bond motifs is 2. The van der Waals surface area contributed by atoms with E-state index in [9.17, 15) is 9.59 Å². The molecule has 0 aliphatic heterocycles. The number of esters is 1. The zero-order chi connectivity index (χ0) is 22.1. The summed E-state index contributed by atoms with van der Waals surface area (Å²) >= 11 is 0. The Morgan fingerprint density at radius 2 is 1.81 bits per heavy atom. The van der Waals surface area contributed by atoms with Crippen molar-refractivity contribution in [2.75, 3.05) is 0 Å². The summed E-state index contributed by atoms with van der Waals surface area (Å²) in [6.45, 7) is 2.21. The van der Waals surface area contributed by atoms with Crippen LogP contribution in [0.15, 0.2) is 54.6 Å². The SMILES string of the molecule is C[C@@H]1C/C(=C\c2ccccc2)c2nc3ccccc3c(C(=O)O[C@@H]3CCCCC3=O)c2C1. The number of aromatic nitrogens is 1. The highest BCUT2D eigenvalue weighted by molar-refractivity contribution is 6.07. The first-order valence-electron chi connectivity index (χ1n) is 11.5. The van der Waals surface area contributed by atoms with Crippen LogP contribution in [0.25, 0.3) is 22.6 Å². The van der Waals surface area contributed by atoms with Gasteiger partial charge in [-0.3, -0.25) is 4.79 Å². The highest BCUT2D eigenvalue weighted by Gasteiger charge is 2.32. The number of benzene rings is 2. The van der Waals surface area contributed by atoms with Gasteiger partial charge < -0.3 is 4.74 Å². The molecule has 0 N–H and O–H groups in total. The van der Waals surface area contributed by atoms with Crippen LogP contribution in [0, 0.1) is 5.92 Å². The molecule has 0 saturated heterocycles. The quantitative estimate of drug-likeness (QED) is 0.481. The predicted octanol–water partition coefficient (Wildman–Crippen LogP) is 6.03. The lowest BCUT2D eigenvalue weighted by atomic mass is 9.80. The van der Waals surface area contributed by atoms with E-state index in [1.165, 1.54) is 0 Å². The first kappa shape index (κ1) is 20.6. The molecule has 0 spiro atoms. The molecule has 0 radical (unpaired) electrons. The van der Waals surface area contributed by atoms with Crippen molar-refractivity contribution >= 4 is 34.3 Å². The van der Waals surface area contributed by atoms with Crippen LogP contribution >= 0.6 is 0 Å². The third-order valence-electron chi connectivity index (χ3n) is 6.51. The lowest BCUT2D eigenvalue weighted by molar-refractivity contribution is -0.129. The second kappa shape index (κ2) is 8.70. The smallest absolute Gasteiger partial charge is 0.339 e. The van der Waals surface area contributed by atoms with Crippen LogP contribution in [0.2, 0.25) is 0 Å². The molecule has 0 bridgehead atoms. The molecule has 32 heavy (non-hydrogen) atoms. The maximum absolute atomic E-state index is 13.5. The minimum absolute atomic E-state index is 0.0369. The molecule has 1 fully saturated rings. The number of carbonyl (C=O) groups excluding carboxylic acids is 2. The Morgan fingerprint density at radius 1 is 1.03 bits per heavy atom. The average molecular weight is 426 g/mol. The van der Waals surface area contributed by atoms with Gasteiger partial charge in [-0.2, -0.15) is 0 Å². The standard InChI is InChI=1S/C28H27NO3/c1-18-15-20(17-19-9-3-2-4-10-19)27-22(16-18)26(21-11-5-6-12-23(21)29-27)28(31)32-25-14-8-7-13-24(25)30/h2-6,9-12,17-18,25H,7-8,13-16H2,1H3/b20-17+/t18-,25-/m1/s1. The Morgan fingerprint density at radius 3 is 2.62 bits per heavy atom. The largest absolute Gasteiger partial charge is 0.451 e. The van der Waals surface area contributed by atoms with Crippen LogP contribution in [0.1, 0.15) is 66.2 Å².